The molecule has 0 unspecified atom stereocenters. The van der Waals surface area contributed by atoms with Gasteiger partial charge < -0.3 is 4.74 Å². The van der Waals surface area contributed by atoms with Crippen molar-refractivity contribution < 1.29 is 13.2 Å². The van der Waals surface area contributed by atoms with Gasteiger partial charge >= 0.3 is 0 Å². The number of hydrogen-bond acceptors (Lipinski definition) is 6. The highest BCUT2D eigenvalue weighted by molar-refractivity contribution is 7.89. The Morgan fingerprint density at radius 3 is 2.41 bits per heavy atom. The van der Waals surface area contributed by atoms with Crippen LogP contribution >= 0.6 is 0 Å². The molecular formula is C20H19N5O3S. The van der Waals surface area contributed by atoms with Crippen LogP contribution in [0.2, 0.25) is 0 Å². The number of ether oxygens (including phenoxy) is 1. The Kier molecular flexibility index (Phi) is 5.24. The lowest BCUT2D eigenvalue weighted by Gasteiger charge is -2.09. The number of nitrogens with one attached hydrogen (secondary N) is 1. The standard InChI is InChI=1S/C20H19N5O3S/c1-15-22-23-19-11-12-20(24-25(15)19)28-14-13-21-29(26,27)18-9-7-17(8-10-18)16-5-3-2-4-6-16/h2-12,21H,13-14H2,1H3. The van der Waals surface area contributed by atoms with Crippen molar-refractivity contribution >= 4 is 15.7 Å². The van der Waals surface area contributed by atoms with Gasteiger partial charge in [-0.1, -0.05) is 42.5 Å². The molecule has 8 nitrogen and oxygen atoms in total. The lowest BCUT2D eigenvalue weighted by molar-refractivity contribution is 0.305. The van der Waals surface area contributed by atoms with Gasteiger partial charge in [0.05, 0.1) is 4.90 Å². The summed E-state index contributed by atoms with van der Waals surface area (Å²) in [5, 5.41) is 12.1. The van der Waals surface area contributed by atoms with Crippen LogP contribution in [0.1, 0.15) is 5.82 Å². The smallest absolute Gasteiger partial charge is 0.240 e. The second kappa shape index (κ2) is 7.98. The number of fused-ring (bicyclic) bond motifs is 1. The summed E-state index contributed by atoms with van der Waals surface area (Å²) in [7, 11) is -3.62. The van der Waals surface area contributed by atoms with E-state index in [0.29, 0.717) is 17.4 Å². The number of nitrogens with zero attached hydrogens (tertiary/aromatic N) is 4. The molecule has 0 spiro atoms. The Morgan fingerprint density at radius 1 is 0.931 bits per heavy atom. The lowest BCUT2D eigenvalue weighted by Crippen LogP contribution is -2.28. The molecule has 0 fully saturated rings. The molecule has 0 bridgehead atoms. The maximum Gasteiger partial charge on any atom is 0.240 e. The molecule has 9 heteroatoms. The zero-order chi connectivity index (χ0) is 20.3. The Labute approximate surface area is 168 Å². The normalized spacial score (nSPS) is 11.6. The van der Waals surface area contributed by atoms with E-state index in [2.05, 4.69) is 20.0 Å². The number of benzene rings is 2. The predicted molar refractivity (Wildman–Crippen MR) is 108 cm³/mol. The minimum Gasteiger partial charge on any atom is -0.475 e. The number of aromatic nitrogens is 4. The first-order chi connectivity index (χ1) is 14.0. The number of aryl methyl sites for hydroxylation is 1. The maximum absolute atomic E-state index is 12.5. The fourth-order valence-electron chi connectivity index (χ4n) is 2.83. The van der Waals surface area contributed by atoms with Crippen LogP contribution in [0.3, 0.4) is 0 Å². The van der Waals surface area contributed by atoms with E-state index >= 15 is 0 Å². The minimum absolute atomic E-state index is 0.115. The summed E-state index contributed by atoms with van der Waals surface area (Å²) >= 11 is 0. The monoisotopic (exact) mass is 409 g/mol. The van der Waals surface area contributed by atoms with Gasteiger partial charge in [-0.05, 0) is 36.2 Å². The van der Waals surface area contributed by atoms with Gasteiger partial charge in [0, 0.05) is 12.6 Å². The van der Waals surface area contributed by atoms with Gasteiger partial charge in [-0.15, -0.1) is 15.3 Å². The van der Waals surface area contributed by atoms with E-state index in [-0.39, 0.29) is 18.0 Å². The Balaban J connectivity index is 1.35. The summed E-state index contributed by atoms with van der Waals surface area (Å²) in [5.74, 6) is 1.01. The first-order valence-electron chi connectivity index (χ1n) is 9.00. The third-order valence-electron chi connectivity index (χ3n) is 4.31. The topological polar surface area (TPSA) is 98.5 Å². The number of hydrogen-bond donors (Lipinski definition) is 1. The molecule has 0 aliphatic carbocycles. The van der Waals surface area contributed by atoms with Crippen molar-refractivity contribution in [1.82, 2.24) is 24.5 Å². The summed E-state index contributed by atoms with van der Waals surface area (Å²) in [4.78, 5) is 0.205. The molecule has 0 radical (unpaired) electrons. The minimum atomic E-state index is -3.62. The van der Waals surface area contributed by atoms with Crippen LogP contribution in [0.5, 0.6) is 5.88 Å². The summed E-state index contributed by atoms with van der Waals surface area (Å²) in [6.45, 7) is 2.04. The number of rotatable bonds is 7. The van der Waals surface area contributed by atoms with Crippen molar-refractivity contribution in [2.24, 2.45) is 0 Å². The van der Waals surface area contributed by atoms with Gasteiger partial charge in [-0.3, -0.25) is 0 Å². The second-order valence-corrected chi connectivity index (χ2v) is 8.09. The molecule has 2 aromatic carbocycles. The van der Waals surface area contributed by atoms with Crippen molar-refractivity contribution in [3.63, 3.8) is 0 Å². The molecule has 4 aromatic rings. The van der Waals surface area contributed by atoms with Crippen molar-refractivity contribution in [1.29, 1.82) is 0 Å². The first-order valence-corrected chi connectivity index (χ1v) is 10.5. The largest absolute Gasteiger partial charge is 0.475 e. The molecule has 29 heavy (non-hydrogen) atoms. The highest BCUT2D eigenvalue weighted by Crippen LogP contribution is 2.20. The summed E-state index contributed by atoms with van der Waals surface area (Å²) in [5.41, 5.74) is 2.61. The average molecular weight is 409 g/mol. The van der Waals surface area contributed by atoms with E-state index in [0.717, 1.165) is 11.1 Å². The summed E-state index contributed by atoms with van der Waals surface area (Å²) in [6, 6.07) is 20.0. The SMILES string of the molecule is Cc1nnc2ccc(OCCNS(=O)(=O)c3ccc(-c4ccccc4)cc3)nn12. The molecule has 0 amide bonds. The Hall–Kier alpha value is -3.30. The average Bonchev–Trinajstić information content (AvgIpc) is 3.12. The Morgan fingerprint density at radius 2 is 1.66 bits per heavy atom. The van der Waals surface area contributed by atoms with Crippen LogP contribution in [0, 0.1) is 6.92 Å². The molecule has 0 aliphatic heterocycles. The van der Waals surface area contributed by atoms with Crippen LogP contribution in [0.25, 0.3) is 16.8 Å². The van der Waals surface area contributed by atoms with E-state index in [1.54, 1.807) is 47.8 Å². The van der Waals surface area contributed by atoms with Crippen LogP contribution in [-0.2, 0) is 10.0 Å². The number of sulfonamides is 1. The highest BCUT2D eigenvalue weighted by Gasteiger charge is 2.13. The zero-order valence-corrected chi connectivity index (χ0v) is 16.5. The first kappa shape index (κ1) is 19.0. The van der Waals surface area contributed by atoms with E-state index in [1.807, 2.05) is 30.3 Å². The molecule has 0 saturated carbocycles. The lowest BCUT2D eigenvalue weighted by atomic mass is 10.1. The third kappa shape index (κ3) is 4.25. The van der Waals surface area contributed by atoms with Gasteiger partial charge in [-0.2, -0.15) is 4.52 Å². The molecule has 1 N–H and O–H groups in total. The zero-order valence-electron chi connectivity index (χ0n) is 15.7. The molecule has 2 heterocycles. The van der Waals surface area contributed by atoms with E-state index < -0.39 is 10.0 Å². The fraction of sp³-hybridized carbons (Fsp3) is 0.150. The van der Waals surface area contributed by atoms with Crippen molar-refractivity contribution in [3.05, 3.63) is 72.6 Å². The van der Waals surface area contributed by atoms with Crippen LogP contribution in [0.15, 0.2) is 71.6 Å². The molecule has 0 aliphatic rings. The maximum atomic E-state index is 12.5. The van der Waals surface area contributed by atoms with Crippen LogP contribution in [0.4, 0.5) is 0 Å². The van der Waals surface area contributed by atoms with Crippen LogP contribution < -0.4 is 9.46 Å². The molecule has 4 rings (SSSR count). The van der Waals surface area contributed by atoms with Gasteiger partial charge in [-0.25, -0.2) is 13.1 Å². The molecule has 2 aromatic heterocycles. The summed E-state index contributed by atoms with van der Waals surface area (Å²) < 4.78 is 34.6. The van der Waals surface area contributed by atoms with Crippen LogP contribution in [-0.4, -0.2) is 41.4 Å². The van der Waals surface area contributed by atoms with Gasteiger partial charge in [0.2, 0.25) is 15.9 Å². The molecule has 0 saturated heterocycles. The van der Waals surface area contributed by atoms with Gasteiger partial charge in [0.1, 0.15) is 6.61 Å². The van der Waals surface area contributed by atoms with E-state index in [4.69, 9.17) is 4.74 Å². The van der Waals surface area contributed by atoms with Crippen molar-refractivity contribution in [2.75, 3.05) is 13.2 Å². The van der Waals surface area contributed by atoms with E-state index in [9.17, 15) is 8.42 Å². The van der Waals surface area contributed by atoms with Crippen molar-refractivity contribution in [2.45, 2.75) is 11.8 Å². The summed E-state index contributed by atoms with van der Waals surface area (Å²) in [6.07, 6.45) is 0. The molecular weight excluding hydrogens is 390 g/mol. The fourth-order valence-corrected chi connectivity index (χ4v) is 3.84. The Bertz CT molecular complexity index is 1220. The second-order valence-electron chi connectivity index (χ2n) is 6.33. The van der Waals surface area contributed by atoms with E-state index in [1.165, 1.54) is 0 Å². The third-order valence-corrected chi connectivity index (χ3v) is 5.79. The predicted octanol–water partition coefficient (Wildman–Crippen LogP) is 2.46. The van der Waals surface area contributed by atoms with Gasteiger partial charge in [0.25, 0.3) is 0 Å². The molecule has 148 valence electrons. The molecule has 0 atom stereocenters. The van der Waals surface area contributed by atoms with Crippen molar-refractivity contribution in [3.8, 4) is 17.0 Å². The quantitative estimate of drug-likeness (QED) is 0.471. The van der Waals surface area contributed by atoms with Gasteiger partial charge in [0.15, 0.2) is 11.5 Å². The highest BCUT2D eigenvalue weighted by atomic mass is 32.2.